The number of ketones is 1. The van der Waals surface area contributed by atoms with Crippen molar-refractivity contribution >= 4 is 34.1 Å². The monoisotopic (exact) mass is 538 g/mol. The van der Waals surface area contributed by atoms with Crippen molar-refractivity contribution < 1.29 is 33.4 Å². The van der Waals surface area contributed by atoms with Crippen molar-refractivity contribution in [3.63, 3.8) is 0 Å². The first-order valence-electron chi connectivity index (χ1n) is 12.5. The van der Waals surface area contributed by atoms with Crippen LogP contribution in [0.2, 0.25) is 0 Å². The molecule has 38 heavy (non-hydrogen) atoms. The lowest BCUT2D eigenvalue weighted by atomic mass is 9.95. The van der Waals surface area contributed by atoms with E-state index in [9.17, 15) is 19.5 Å². The van der Waals surface area contributed by atoms with Gasteiger partial charge < -0.3 is 19.0 Å². The lowest BCUT2D eigenvalue weighted by molar-refractivity contribution is -0.117. The molecule has 10 heteroatoms. The number of aliphatic hydroxyl groups is 1. The molecule has 2 aromatic heterocycles. The molecule has 1 atom stereocenters. The number of Topliss-reactive ketones (excluding diaryl/α,β-unsaturated/α-hetero) is 1. The number of benzene rings is 1. The number of aliphatic hydroxyl groups excluding tert-OH is 1. The van der Waals surface area contributed by atoms with Crippen molar-refractivity contribution in [1.29, 1.82) is 0 Å². The fourth-order valence-electron chi connectivity index (χ4n) is 4.23. The van der Waals surface area contributed by atoms with Crippen LogP contribution in [-0.2, 0) is 9.53 Å². The molecule has 9 nitrogen and oxygen atoms in total. The molecule has 0 saturated carbocycles. The Kier molecular flexibility index (Phi) is 8.31. The molecule has 1 aromatic carbocycles. The molecule has 200 valence electrons. The van der Waals surface area contributed by atoms with Gasteiger partial charge in [0.05, 0.1) is 30.5 Å². The maximum absolute atomic E-state index is 13.6. The molecule has 0 bridgehead atoms. The molecule has 1 N–H and O–H groups in total. The molecular formula is C28H30N2O7S. The van der Waals surface area contributed by atoms with Gasteiger partial charge >= 0.3 is 5.97 Å². The number of rotatable bonds is 11. The second kappa shape index (κ2) is 11.6. The highest BCUT2D eigenvalue weighted by Gasteiger charge is 2.47. The number of anilines is 1. The van der Waals surface area contributed by atoms with Crippen molar-refractivity contribution in [3.05, 3.63) is 75.4 Å². The van der Waals surface area contributed by atoms with Gasteiger partial charge in [-0.3, -0.25) is 14.5 Å². The molecule has 3 aromatic rings. The van der Waals surface area contributed by atoms with E-state index >= 15 is 0 Å². The number of unbranched alkanes of at least 4 members (excludes halogenated alkanes) is 2. The van der Waals surface area contributed by atoms with Gasteiger partial charge in [-0.15, -0.1) is 0 Å². The summed E-state index contributed by atoms with van der Waals surface area (Å²) in [6.07, 6.45) is 2.99. The number of carbonyl (C=O) groups excluding carboxylic acids is 3. The fraction of sp³-hybridized carbons (Fsp3) is 0.357. The van der Waals surface area contributed by atoms with Gasteiger partial charge in [0.1, 0.15) is 16.4 Å². The third-order valence-corrected chi connectivity index (χ3v) is 7.20. The van der Waals surface area contributed by atoms with Gasteiger partial charge in [-0.2, -0.15) is 0 Å². The minimum atomic E-state index is -1.03. The third kappa shape index (κ3) is 5.35. The van der Waals surface area contributed by atoms with Crippen molar-refractivity contribution in [2.24, 2.45) is 0 Å². The summed E-state index contributed by atoms with van der Waals surface area (Å²) in [4.78, 5) is 45.4. The van der Waals surface area contributed by atoms with Crippen LogP contribution >= 0.6 is 11.3 Å². The summed E-state index contributed by atoms with van der Waals surface area (Å²) in [6, 6.07) is 9.15. The van der Waals surface area contributed by atoms with E-state index in [0.717, 1.165) is 30.6 Å². The lowest BCUT2D eigenvalue weighted by Crippen LogP contribution is -2.31. The van der Waals surface area contributed by atoms with Crippen LogP contribution in [-0.4, -0.2) is 41.0 Å². The van der Waals surface area contributed by atoms with E-state index in [1.807, 2.05) is 0 Å². The zero-order chi connectivity index (χ0) is 27.4. The number of hydrogen-bond acceptors (Lipinski definition) is 9. The molecule has 4 rings (SSSR count). The summed E-state index contributed by atoms with van der Waals surface area (Å²) >= 11 is 0.962. The Morgan fingerprint density at radius 1 is 1.16 bits per heavy atom. The number of amides is 1. The average molecular weight is 539 g/mol. The maximum Gasteiger partial charge on any atom is 0.350 e. The minimum Gasteiger partial charge on any atom is -0.503 e. The first-order chi connectivity index (χ1) is 18.3. The Balaban J connectivity index is 1.79. The van der Waals surface area contributed by atoms with Crippen LogP contribution < -0.4 is 9.64 Å². The average Bonchev–Trinajstić information content (AvgIpc) is 3.58. The largest absolute Gasteiger partial charge is 0.503 e. The predicted molar refractivity (Wildman–Crippen MR) is 142 cm³/mol. The van der Waals surface area contributed by atoms with Crippen LogP contribution in [0.15, 0.2) is 52.1 Å². The van der Waals surface area contributed by atoms with E-state index in [4.69, 9.17) is 13.9 Å². The Hall–Kier alpha value is -3.92. The van der Waals surface area contributed by atoms with E-state index in [0.29, 0.717) is 29.4 Å². The summed E-state index contributed by atoms with van der Waals surface area (Å²) in [6.45, 7) is 7.85. The van der Waals surface area contributed by atoms with E-state index in [2.05, 4.69) is 11.9 Å². The zero-order valence-corrected chi connectivity index (χ0v) is 22.6. The van der Waals surface area contributed by atoms with Crippen LogP contribution in [0.3, 0.4) is 0 Å². The molecule has 0 aliphatic carbocycles. The highest BCUT2D eigenvalue weighted by Crippen LogP contribution is 2.44. The van der Waals surface area contributed by atoms with Gasteiger partial charge in [0, 0.05) is 0 Å². The van der Waals surface area contributed by atoms with Crippen molar-refractivity contribution in [3.8, 4) is 5.75 Å². The van der Waals surface area contributed by atoms with E-state index in [1.165, 1.54) is 11.0 Å². The molecule has 0 fully saturated rings. The number of aromatic nitrogens is 1. The standard InChI is InChI=1S/C28H30N2O7S/c1-5-7-8-14-36-19-11-9-10-18(15-19)22-21(23(31)20-13-12-16(3)37-20)24(32)26(33)30(22)28-29-17(4)25(38-28)27(34)35-6-2/h9-13,15,22,32H,5-8,14H2,1-4H3. The minimum absolute atomic E-state index is 0.00166. The second-order valence-corrected chi connectivity index (χ2v) is 9.82. The third-order valence-electron chi connectivity index (χ3n) is 6.06. The highest BCUT2D eigenvalue weighted by atomic mass is 32.1. The van der Waals surface area contributed by atoms with Crippen LogP contribution in [0.25, 0.3) is 0 Å². The van der Waals surface area contributed by atoms with Gasteiger partial charge in [0.15, 0.2) is 16.7 Å². The smallest absolute Gasteiger partial charge is 0.350 e. The number of ether oxygens (including phenoxy) is 2. The summed E-state index contributed by atoms with van der Waals surface area (Å²) < 4.78 is 16.6. The topological polar surface area (TPSA) is 119 Å². The number of nitrogens with zero attached hydrogens (tertiary/aromatic N) is 2. The Morgan fingerprint density at radius 3 is 2.63 bits per heavy atom. The first kappa shape index (κ1) is 27.1. The molecule has 1 amide bonds. The first-order valence-corrected chi connectivity index (χ1v) is 13.3. The second-order valence-electron chi connectivity index (χ2n) is 8.84. The number of hydrogen-bond donors (Lipinski definition) is 1. The molecule has 0 saturated heterocycles. The summed E-state index contributed by atoms with van der Waals surface area (Å²) in [7, 11) is 0. The number of aryl methyl sites for hydroxylation is 2. The molecule has 0 spiro atoms. The Labute approximate surface area is 224 Å². The van der Waals surface area contributed by atoms with Crippen molar-refractivity contribution in [2.45, 2.75) is 53.0 Å². The van der Waals surface area contributed by atoms with E-state index < -0.39 is 29.5 Å². The molecular weight excluding hydrogens is 508 g/mol. The lowest BCUT2D eigenvalue weighted by Gasteiger charge is -2.24. The van der Waals surface area contributed by atoms with Gasteiger partial charge in [0.25, 0.3) is 5.91 Å². The quantitative estimate of drug-likeness (QED) is 0.183. The van der Waals surface area contributed by atoms with Crippen LogP contribution in [0.4, 0.5) is 5.13 Å². The number of esters is 1. The maximum atomic E-state index is 13.6. The summed E-state index contributed by atoms with van der Waals surface area (Å²) in [5.74, 6) is -1.60. The van der Waals surface area contributed by atoms with Crippen LogP contribution in [0, 0.1) is 13.8 Å². The van der Waals surface area contributed by atoms with Gasteiger partial charge in [-0.25, -0.2) is 9.78 Å². The molecule has 1 aliphatic rings. The highest BCUT2D eigenvalue weighted by molar-refractivity contribution is 7.17. The SMILES string of the molecule is CCCCCOc1cccc(C2C(C(=O)c3ccc(C)o3)=C(O)C(=O)N2c2nc(C)c(C(=O)OCC)s2)c1. The summed E-state index contributed by atoms with van der Waals surface area (Å²) in [5.41, 5.74) is 0.773. The molecule has 0 radical (unpaired) electrons. The van der Waals surface area contributed by atoms with Gasteiger partial charge in [0.2, 0.25) is 5.78 Å². The van der Waals surface area contributed by atoms with Crippen LogP contribution in [0.5, 0.6) is 5.75 Å². The molecule has 1 unspecified atom stereocenters. The Morgan fingerprint density at radius 2 is 1.95 bits per heavy atom. The van der Waals surface area contributed by atoms with Gasteiger partial charge in [-0.05, 0) is 57.0 Å². The molecule has 3 heterocycles. The number of furan rings is 1. The predicted octanol–water partition coefficient (Wildman–Crippen LogP) is 5.88. The fourth-order valence-corrected chi connectivity index (χ4v) is 5.21. The number of thiazole rings is 1. The van der Waals surface area contributed by atoms with Crippen molar-refractivity contribution in [2.75, 3.05) is 18.1 Å². The normalized spacial score (nSPS) is 15.3. The number of carbonyl (C=O) groups is 3. The van der Waals surface area contributed by atoms with E-state index in [-0.39, 0.29) is 27.9 Å². The Bertz CT molecular complexity index is 1390. The van der Waals surface area contributed by atoms with Crippen molar-refractivity contribution in [1.82, 2.24) is 4.98 Å². The zero-order valence-electron chi connectivity index (χ0n) is 21.8. The van der Waals surface area contributed by atoms with Crippen LogP contribution in [0.1, 0.15) is 76.4 Å². The molecule has 1 aliphatic heterocycles. The van der Waals surface area contributed by atoms with E-state index in [1.54, 1.807) is 51.1 Å². The van der Waals surface area contributed by atoms with Gasteiger partial charge in [-0.1, -0.05) is 43.2 Å². The summed E-state index contributed by atoms with van der Waals surface area (Å²) in [5, 5.41) is 11.1.